The van der Waals surface area contributed by atoms with Gasteiger partial charge in [0, 0.05) is 50.0 Å². The van der Waals surface area contributed by atoms with Crippen LogP contribution < -0.4 is 15.1 Å². The van der Waals surface area contributed by atoms with Crippen LogP contribution in [0.15, 0.2) is 71.7 Å². The molecular formula is C24H24ClN3O3. The molecule has 1 fully saturated rings. The lowest BCUT2D eigenvalue weighted by atomic mass is 10.2. The van der Waals surface area contributed by atoms with E-state index in [9.17, 15) is 9.59 Å². The fourth-order valence-electron chi connectivity index (χ4n) is 3.64. The first-order valence-corrected chi connectivity index (χ1v) is 10.6. The van der Waals surface area contributed by atoms with Crippen LogP contribution in [0, 0.1) is 0 Å². The van der Waals surface area contributed by atoms with E-state index < -0.39 is 0 Å². The number of hydrogen-bond acceptors (Lipinski definition) is 4. The molecule has 0 atom stereocenters. The molecule has 1 amide bonds. The van der Waals surface area contributed by atoms with Crippen LogP contribution in [0.3, 0.4) is 0 Å². The zero-order chi connectivity index (χ0) is 21.8. The number of aryl methyl sites for hydroxylation is 1. The van der Waals surface area contributed by atoms with Crippen LogP contribution in [0.25, 0.3) is 0 Å². The topological polar surface area (TPSA) is 54.8 Å². The molecule has 7 heteroatoms. The van der Waals surface area contributed by atoms with Crippen molar-refractivity contribution in [2.45, 2.75) is 6.61 Å². The summed E-state index contributed by atoms with van der Waals surface area (Å²) in [7, 11) is 1.76. The smallest absolute Gasteiger partial charge is 0.270 e. The quantitative estimate of drug-likeness (QED) is 0.612. The maximum Gasteiger partial charge on any atom is 0.270 e. The molecule has 0 radical (unpaired) electrons. The number of hydrogen-bond donors (Lipinski definition) is 0. The van der Waals surface area contributed by atoms with Crippen molar-refractivity contribution in [3.63, 3.8) is 0 Å². The second kappa shape index (κ2) is 9.27. The summed E-state index contributed by atoms with van der Waals surface area (Å²) in [6.45, 7) is 2.92. The lowest BCUT2D eigenvalue weighted by Crippen LogP contribution is -2.49. The summed E-state index contributed by atoms with van der Waals surface area (Å²) in [4.78, 5) is 29.6. The van der Waals surface area contributed by atoms with Gasteiger partial charge in [0.1, 0.15) is 12.3 Å². The molecule has 3 aromatic rings. The molecule has 0 unspecified atom stereocenters. The van der Waals surface area contributed by atoms with Crippen LogP contribution in [0.2, 0.25) is 5.02 Å². The molecule has 0 spiro atoms. The van der Waals surface area contributed by atoms with Crippen molar-refractivity contribution in [1.82, 2.24) is 9.47 Å². The van der Waals surface area contributed by atoms with Crippen molar-refractivity contribution >= 4 is 23.2 Å². The SMILES string of the molecule is Cn1cc(OCc2ccccc2)c(=O)cc1C(=O)N1CCN(c2ccc(Cl)cc2)CC1. The van der Waals surface area contributed by atoms with Gasteiger partial charge in [0.05, 0.1) is 6.20 Å². The Bertz CT molecular complexity index is 1110. The molecule has 0 bridgehead atoms. The first-order chi connectivity index (χ1) is 15.0. The van der Waals surface area contributed by atoms with E-state index in [1.807, 2.05) is 54.6 Å². The van der Waals surface area contributed by atoms with Crippen LogP contribution in [0.5, 0.6) is 5.75 Å². The summed E-state index contributed by atoms with van der Waals surface area (Å²) in [5.41, 5.74) is 2.13. The Labute approximate surface area is 186 Å². The van der Waals surface area contributed by atoms with Crippen LogP contribution in [-0.4, -0.2) is 41.6 Å². The molecule has 1 saturated heterocycles. The Morgan fingerprint density at radius 2 is 1.68 bits per heavy atom. The van der Waals surface area contributed by atoms with Gasteiger partial charge in [-0.3, -0.25) is 9.59 Å². The van der Waals surface area contributed by atoms with Crippen molar-refractivity contribution in [2.75, 3.05) is 31.1 Å². The van der Waals surface area contributed by atoms with E-state index in [4.69, 9.17) is 16.3 Å². The minimum Gasteiger partial charge on any atom is -0.483 e. The number of rotatable bonds is 5. The number of carbonyl (C=O) groups excluding carboxylic acids is 1. The van der Waals surface area contributed by atoms with Gasteiger partial charge in [0.15, 0.2) is 5.75 Å². The minimum absolute atomic E-state index is 0.148. The number of pyridine rings is 1. The number of piperazine rings is 1. The molecule has 160 valence electrons. The molecule has 6 nitrogen and oxygen atoms in total. The summed E-state index contributed by atoms with van der Waals surface area (Å²) < 4.78 is 7.34. The summed E-state index contributed by atoms with van der Waals surface area (Å²) in [5.74, 6) is 0.0837. The van der Waals surface area contributed by atoms with Gasteiger partial charge >= 0.3 is 0 Å². The van der Waals surface area contributed by atoms with E-state index in [-0.39, 0.29) is 17.1 Å². The Balaban J connectivity index is 1.41. The molecule has 0 N–H and O–H groups in total. The Morgan fingerprint density at radius 3 is 2.35 bits per heavy atom. The van der Waals surface area contributed by atoms with Gasteiger partial charge in [-0.25, -0.2) is 0 Å². The van der Waals surface area contributed by atoms with Gasteiger partial charge in [-0.2, -0.15) is 0 Å². The van der Waals surface area contributed by atoms with Gasteiger partial charge in [-0.1, -0.05) is 41.9 Å². The number of ether oxygens (including phenoxy) is 1. The van der Waals surface area contributed by atoms with Gasteiger partial charge in [-0.05, 0) is 29.8 Å². The number of nitrogens with zero attached hydrogens (tertiary/aromatic N) is 3. The second-order valence-corrected chi connectivity index (χ2v) is 7.96. The average Bonchev–Trinajstić information content (AvgIpc) is 2.80. The normalized spacial score (nSPS) is 13.9. The van der Waals surface area contributed by atoms with Gasteiger partial charge < -0.3 is 19.1 Å². The molecule has 2 heterocycles. The highest BCUT2D eigenvalue weighted by Crippen LogP contribution is 2.20. The fourth-order valence-corrected chi connectivity index (χ4v) is 3.77. The average molecular weight is 438 g/mol. The van der Waals surface area contributed by atoms with Crippen molar-refractivity contribution < 1.29 is 9.53 Å². The Morgan fingerprint density at radius 1 is 1.00 bits per heavy atom. The highest BCUT2D eigenvalue weighted by atomic mass is 35.5. The molecule has 31 heavy (non-hydrogen) atoms. The number of benzene rings is 2. The van der Waals surface area contributed by atoms with E-state index >= 15 is 0 Å². The zero-order valence-electron chi connectivity index (χ0n) is 17.3. The number of halogens is 1. The lowest BCUT2D eigenvalue weighted by Gasteiger charge is -2.36. The van der Waals surface area contributed by atoms with Crippen LogP contribution >= 0.6 is 11.6 Å². The Hall–Kier alpha value is -3.25. The van der Waals surface area contributed by atoms with Crippen LogP contribution in [0.4, 0.5) is 5.69 Å². The highest BCUT2D eigenvalue weighted by molar-refractivity contribution is 6.30. The highest BCUT2D eigenvalue weighted by Gasteiger charge is 2.24. The Kier molecular flexibility index (Phi) is 6.28. The third kappa shape index (κ3) is 4.91. The summed E-state index contributed by atoms with van der Waals surface area (Å²) >= 11 is 5.96. The molecule has 4 rings (SSSR count). The predicted octanol–water partition coefficient (Wildman–Crippen LogP) is 3.58. The molecule has 0 aliphatic carbocycles. The number of aromatic nitrogens is 1. The molecule has 2 aromatic carbocycles. The fraction of sp³-hybridized carbons (Fsp3) is 0.250. The van der Waals surface area contributed by atoms with Crippen molar-refractivity contribution in [1.29, 1.82) is 0 Å². The predicted molar refractivity (Wildman–Crippen MR) is 122 cm³/mol. The largest absolute Gasteiger partial charge is 0.483 e. The summed E-state index contributed by atoms with van der Waals surface area (Å²) in [6.07, 6.45) is 1.59. The van der Waals surface area contributed by atoms with Crippen molar-refractivity contribution in [2.24, 2.45) is 7.05 Å². The third-order valence-corrected chi connectivity index (χ3v) is 5.67. The maximum atomic E-state index is 13.0. The van der Waals surface area contributed by atoms with Crippen LogP contribution in [0.1, 0.15) is 16.1 Å². The maximum absolute atomic E-state index is 13.0. The lowest BCUT2D eigenvalue weighted by molar-refractivity contribution is 0.0736. The summed E-state index contributed by atoms with van der Waals surface area (Å²) in [5, 5.41) is 0.703. The van der Waals surface area contributed by atoms with E-state index in [2.05, 4.69) is 4.90 Å². The monoisotopic (exact) mass is 437 g/mol. The molecular weight excluding hydrogens is 414 g/mol. The second-order valence-electron chi connectivity index (χ2n) is 7.53. The molecule has 1 aliphatic heterocycles. The molecule has 1 aromatic heterocycles. The number of anilines is 1. The first kappa shape index (κ1) is 21.0. The zero-order valence-corrected chi connectivity index (χ0v) is 18.1. The number of carbonyl (C=O) groups is 1. The van der Waals surface area contributed by atoms with E-state index in [0.717, 1.165) is 24.3 Å². The van der Waals surface area contributed by atoms with Crippen molar-refractivity contribution in [3.05, 3.63) is 93.4 Å². The molecule has 1 aliphatic rings. The summed E-state index contributed by atoms with van der Waals surface area (Å²) in [6, 6.07) is 18.7. The first-order valence-electron chi connectivity index (χ1n) is 10.2. The minimum atomic E-state index is -0.294. The van der Waals surface area contributed by atoms with E-state index in [0.29, 0.717) is 30.4 Å². The molecule has 0 saturated carbocycles. The van der Waals surface area contributed by atoms with Crippen LogP contribution in [-0.2, 0) is 13.7 Å². The van der Waals surface area contributed by atoms with E-state index in [1.165, 1.54) is 6.07 Å². The van der Waals surface area contributed by atoms with Gasteiger partial charge in [0.2, 0.25) is 5.43 Å². The van der Waals surface area contributed by atoms with E-state index in [1.54, 1.807) is 22.7 Å². The standard InChI is InChI=1S/C24H24ClN3O3/c1-26-16-23(31-17-18-5-3-2-4-6-18)22(29)15-21(26)24(30)28-13-11-27(12-14-28)20-9-7-19(25)8-10-20/h2-10,15-16H,11-14,17H2,1H3. The van der Waals surface area contributed by atoms with Gasteiger partial charge in [-0.15, -0.1) is 0 Å². The van der Waals surface area contributed by atoms with Crippen molar-refractivity contribution in [3.8, 4) is 5.75 Å². The number of amides is 1. The van der Waals surface area contributed by atoms with Gasteiger partial charge in [0.25, 0.3) is 5.91 Å². The third-order valence-electron chi connectivity index (χ3n) is 5.42.